The third-order valence-corrected chi connectivity index (χ3v) is 6.26. The molecule has 8 nitrogen and oxygen atoms in total. The van der Waals surface area contributed by atoms with Crippen LogP contribution < -0.4 is 25.4 Å². The maximum absolute atomic E-state index is 12.9. The Bertz CT molecular complexity index is 1360. The molecule has 0 fully saturated rings. The molecule has 3 N–H and O–H groups in total. The highest BCUT2D eigenvalue weighted by molar-refractivity contribution is 5.93. The zero-order chi connectivity index (χ0) is 26.2. The first kappa shape index (κ1) is 24.4. The molecule has 0 bridgehead atoms. The first-order valence-corrected chi connectivity index (χ1v) is 11.6. The van der Waals surface area contributed by atoms with Crippen LogP contribution in [0.4, 0.5) is 23.8 Å². The van der Waals surface area contributed by atoms with Crippen molar-refractivity contribution in [3.63, 3.8) is 0 Å². The number of urea groups is 1. The summed E-state index contributed by atoms with van der Waals surface area (Å²) in [5.41, 5.74) is 1.21. The Morgan fingerprint density at radius 1 is 1.19 bits per heavy atom. The molecule has 2 aliphatic rings. The minimum atomic E-state index is -4.45. The number of rotatable bonds is 5. The summed E-state index contributed by atoms with van der Waals surface area (Å²) in [6.45, 7) is 1.82. The van der Waals surface area contributed by atoms with Crippen molar-refractivity contribution in [2.75, 3.05) is 5.32 Å². The van der Waals surface area contributed by atoms with Crippen LogP contribution in [-0.4, -0.2) is 23.2 Å². The molecule has 3 amide bonds. The van der Waals surface area contributed by atoms with Crippen molar-refractivity contribution in [2.45, 2.75) is 44.6 Å². The average molecular weight is 512 g/mol. The summed E-state index contributed by atoms with van der Waals surface area (Å²) in [6.07, 6.45) is -2.68. The number of amides is 3. The number of ether oxygens (including phenoxy) is 2. The summed E-state index contributed by atoms with van der Waals surface area (Å²) in [5, 5.41) is 8.03. The van der Waals surface area contributed by atoms with Gasteiger partial charge in [0, 0.05) is 36.2 Å². The Kier molecular flexibility index (Phi) is 6.36. The molecule has 2 aromatic carbocycles. The zero-order valence-corrected chi connectivity index (χ0v) is 19.7. The summed E-state index contributed by atoms with van der Waals surface area (Å²) in [7, 11) is 0. The van der Waals surface area contributed by atoms with Crippen molar-refractivity contribution in [1.29, 1.82) is 0 Å². The van der Waals surface area contributed by atoms with Gasteiger partial charge in [0.1, 0.15) is 23.1 Å². The highest BCUT2D eigenvalue weighted by atomic mass is 19.4. The van der Waals surface area contributed by atoms with Crippen LogP contribution in [0.3, 0.4) is 0 Å². The van der Waals surface area contributed by atoms with Gasteiger partial charge in [-0.05, 0) is 48.4 Å². The minimum Gasteiger partial charge on any atom is -0.470 e. The predicted octanol–water partition coefficient (Wildman–Crippen LogP) is 5.10. The van der Waals surface area contributed by atoms with Gasteiger partial charge in [-0.25, -0.2) is 9.78 Å². The van der Waals surface area contributed by atoms with Gasteiger partial charge in [-0.15, -0.1) is 0 Å². The molecule has 1 aromatic heterocycles. The molecule has 3 heterocycles. The van der Waals surface area contributed by atoms with E-state index >= 15 is 0 Å². The first-order valence-electron chi connectivity index (χ1n) is 11.6. The molecule has 0 saturated carbocycles. The van der Waals surface area contributed by atoms with Crippen LogP contribution in [0.25, 0.3) is 0 Å². The van der Waals surface area contributed by atoms with Gasteiger partial charge >= 0.3 is 12.2 Å². The van der Waals surface area contributed by atoms with E-state index in [4.69, 9.17) is 9.47 Å². The second-order valence-electron chi connectivity index (χ2n) is 8.84. The van der Waals surface area contributed by atoms with Crippen molar-refractivity contribution in [3.8, 4) is 17.2 Å². The quantitative estimate of drug-likeness (QED) is 0.442. The van der Waals surface area contributed by atoms with Crippen molar-refractivity contribution in [1.82, 2.24) is 15.6 Å². The van der Waals surface area contributed by atoms with E-state index in [-0.39, 0.29) is 18.4 Å². The molecule has 37 heavy (non-hydrogen) atoms. The number of hydrogen-bond donors (Lipinski definition) is 3. The zero-order valence-electron chi connectivity index (χ0n) is 19.7. The molecule has 192 valence electrons. The fourth-order valence-electron chi connectivity index (χ4n) is 4.31. The van der Waals surface area contributed by atoms with Gasteiger partial charge in [0.25, 0.3) is 0 Å². The third-order valence-electron chi connectivity index (χ3n) is 6.26. The van der Waals surface area contributed by atoms with Crippen LogP contribution in [0.15, 0.2) is 54.7 Å². The fraction of sp³-hybridized carbons (Fsp3) is 0.269. The number of alkyl halides is 3. The van der Waals surface area contributed by atoms with Crippen LogP contribution in [0.5, 0.6) is 17.2 Å². The lowest BCUT2D eigenvalue weighted by molar-refractivity contribution is -0.137. The lowest BCUT2D eigenvalue weighted by Crippen LogP contribution is -2.45. The molecule has 0 aliphatic carbocycles. The second kappa shape index (κ2) is 9.64. The van der Waals surface area contributed by atoms with Gasteiger partial charge in [-0.1, -0.05) is 19.1 Å². The highest BCUT2D eigenvalue weighted by Crippen LogP contribution is 2.41. The smallest absolute Gasteiger partial charge is 0.416 e. The second-order valence-corrected chi connectivity index (χ2v) is 8.84. The molecule has 0 spiro atoms. The van der Waals surface area contributed by atoms with E-state index in [2.05, 4.69) is 20.9 Å². The number of carbonyl (C=O) groups is 2. The molecule has 0 saturated heterocycles. The Labute approximate surface area is 210 Å². The normalized spacial score (nSPS) is 18.2. The molecule has 0 unspecified atom stereocenters. The number of halogens is 3. The van der Waals surface area contributed by atoms with E-state index in [0.29, 0.717) is 41.5 Å². The molecular weight excluding hydrogens is 489 g/mol. The molecule has 11 heteroatoms. The lowest BCUT2D eigenvalue weighted by Gasteiger charge is -2.19. The molecule has 2 atom stereocenters. The monoisotopic (exact) mass is 512 g/mol. The Morgan fingerprint density at radius 2 is 2.03 bits per heavy atom. The Hall–Kier alpha value is -4.28. The topological polar surface area (TPSA) is 102 Å². The largest absolute Gasteiger partial charge is 0.470 e. The highest BCUT2D eigenvalue weighted by Gasteiger charge is 2.33. The van der Waals surface area contributed by atoms with Gasteiger partial charge in [-0.2, -0.15) is 13.2 Å². The average Bonchev–Trinajstić information content (AvgIpc) is 3.17. The molecule has 2 aliphatic heterocycles. The van der Waals surface area contributed by atoms with Crippen LogP contribution >= 0.6 is 0 Å². The van der Waals surface area contributed by atoms with Gasteiger partial charge < -0.3 is 25.4 Å². The number of pyridine rings is 1. The van der Waals surface area contributed by atoms with Gasteiger partial charge in [0.15, 0.2) is 6.23 Å². The predicted molar refractivity (Wildman–Crippen MR) is 127 cm³/mol. The SMILES string of the molecule is C[C@H]1c2cc(Oc3ccnc4c3CCC(=O)N4)ccc2O[C@H]1NC(=O)NCc1cccc(C(F)(F)F)c1. The maximum Gasteiger partial charge on any atom is 0.416 e. The number of nitrogens with one attached hydrogen (secondary N) is 3. The summed E-state index contributed by atoms with van der Waals surface area (Å²) >= 11 is 0. The maximum atomic E-state index is 12.9. The van der Waals surface area contributed by atoms with E-state index < -0.39 is 24.0 Å². The van der Waals surface area contributed by atoms with E-state index in [1.54, 1.807) is 24.4 Å². The van der Waals surface area contributed by atoms with E-state index in [0.717, 1.165) is 23.3 Å². The van der Waals surface area contributed by atoms with Crippen molar-refractivity contribution in [2.24, 2.45) is 0 Å². The van der Waals surface area contributed by atoms with Crippen LogP contribution in [0, 0.1) is 0 Å². The van der Waals surface area contributed by atoms with E-state index in [1.807, 2.05) is 13.0 Å². The van der Waals surface area contributed by atoms with Crippen LogP contribution in [-0.2, 0) is 23.9 Å². The molecule has 5 rings (SSSR count). The number of benzene rings is 2. The summed E-state index contributed by atoms with van der Waals surface area (Å²) in [5.74, 6) is 1.94. The summed E-state index contributed by atoms with van der Waals surface area (Å²) in [6, 6.07) is 11.3. The van der Waals surface area contributed by atoms with Crippen molar-refractivity contribution < 1.29 is 32.2 Å². The van der Waals surface area contributed by atoms with Gasteiger partial charge in [0.2, 0.25) is 5.91 Å². The summed E-state index contributed by atoms with van der Waals surface area (Å²) in [4.78, 5) is 28.3. The van der Waals surface area contributed by atoms with E-state index in [9.17, 15) is 22.8 Å². The number of hydrogen-bond acceptors (Lipinski definition) is 5. The Balaban J connectivity index is 1.21. The number of carbonyl (C=O) groups excluding carboxylic acids is 2. The minimum absolute atomic E-state index is 0.0709. The standard InChI is InChI=1S/C26H23F3N4O4/c1-14-19-12-17(36-21-9-10-30-23-18(21)6-8-22(34)32-23)5-7-20(19)37-24(14)33-25(35)31-13-15-3-2-4-16(11-15)26(27,28)29/h2-5,7,9-12,14,24H,6,8,13H2,1H3,(H,30,32,34)(H2,31,33,35)/t14-,24+/m0/s1. The molecule has 3 aromatic rings. The van der Waals surface area contributed by atoms with Crippen LogP contribution in [0.2, 0.25) is 0 Å². The number of aromatic nitrogens is 1. The molecule has 0 radical (unpaired) electrons. The fourth-order valence-corrected chi connectivity index (χ4v) is 4.31. The first-order chi connectivity index (χ1) is 17.7. The number of fused-ring (bicyclic) bond motifs is 2. The summed E-state index contributed by atoms with van der Waals surface area (Å²) < 4.78 is 50.7. The number of nitrogens with zero attached hydrogens (tertiary/aromatic N) is 1. The number of anilines is 1. The van der Waals surface area contributed by atoms with Gasteiger partial charge in [0.05, 0.1) is 5.56 Å². The van der Waals surface area contributed by atoms with E-state index in [1.165, 1.54) is 12.1 Å². The van der Waals surface area contributed by atoms with Crippen LogP contribution in [0.1, 0.15) is 41.5 Å². The van der Waals surface area contributed by atoms with Crippen molar-refractivity contribution in [3.05, 3.63) is 77.0 Å². The third kappa shape index (κ3) is 5.30. The van der Waals surface area contributed by atoms with Gasteiger partial charge in [-0.3, -0.25) is 4.79 Å². The Morgan fingerprint density at radius 3 is 2.84 bits per heavy atom. The van der Waals surface area contributed by atoms with Crippen molar-refractivity contribution >= 4 is 17.8 Å². The molecular formula is C26H23F3N4O4. The lowest BCUT2D eigenvalue weighted by atomic mass is 10.0.